The van der Waals surface area contributed by atoms with Gasteiger partial charge in [0.2, 0.25) is 0 Å². The summed E-state index contributed by atoms with van der Waals surface area (Å²) in [7, 11) is 1.40. The van der Waals surface area contributed by atoms with E-state index in [1.807, 2.05) is 0 Å². The predicted molar refractivity (Wildman–Crippen MR) is 51.5 cm³/mol. The maximum absolute atomic E-state index is 11.1. The van der Waals surface area contributed by atoms with Crippen LogP contribution in [0.3, 0.4) is 0 Å². The van der Waals surface area contributed by atoms with Crippen molar-refractivity contribution < 1.29 is 9.53 Å². The van der Waals surface area contributed by atoms with Gasteiger partial charge in [-0.2, -0.15) is 5.26 Å². The highest BCUT2D eigenvalue weighted by molar-refractivity contribution is 5.69. The molecule has 14 heavy (non-hydrogen) atoms. The summed E-state index contributed by atoms with van der Waals surface area (Å²) >= 11 is 0. The van der Waals surface area contributed by atoms with Crippen molar-refractivity contribution in [3.8, 4) is 6.07 Å². The second-order valence-corrected chi connectivity index (χ2v) is 3.56. The lowest BCUT2D eigenvalue weighted by Crippen LogP contribution is -2.41. The van der Waals surface area contributed by atoms with Crippen LogP contribution in [0.1, 0.15) is 25.7 Å². The quantitative estimate of drug-likeness (QED) is 0.497. The largest absolute Gasteiger partial charge is 0.469 e. The van der Waals surface area contributed by atoms with Gasteiger partial charge >= 0.3 is 5.97 Å². The van der Waals surface area contributed by atoms with Crippen molar-refractivity contribution in [1.29, 1.82) is 5.26 Å². The first-order chi connectivity index (χ1) is 6.77. The van der Waals surface area contributed by atoms with Crippen molar-refractivity contribution in [2.45, 2.75) is 31.7 Å². The van der Waals surface area contributed by atoms with E-state index in [-0.39, 0.29) is 12.0 Å². The third-order valence-electron chi connectivity index (χ3n) is 2.65. The van der Waals surface area contributed by atoms with Crippen molar-refractivity contribution in [1.82, 2.24) is 4.90 Å². The van der Waals surface area contributed by atoms with Gasteiger partial charge < -0.3 is 4.74 Å². The molecule has 0 aromatic rings. The number of carbonyl (C=O) groups is 1. The van der Waals surface area contributed by atoms with Gasteiger partial charge in [0.05, 0.1) is 26.1 Å². The van der Waals surface area contributed by atoms with Crippen LogP contribution in [0.2, 0.25) is 0 Å². The van der Waals surface area contributed by atoms with Crippen LogP contribution in [0, 0.1) is 11.3 Å². The Hall–Kier alpha value is -1.08. The molecular formula is C10H16N2O2. The molecule has 1 aliphatic heterocycles. The fraction of sp³-hybridized carbons (Fsp3) is 0.800. The molecule has 1 atom stereocenters. The van der Waals surface area contributed by atoms with Gasteiger partial charge in [-0.3, -0.25) is 9.69 Å². The van der Waals surface area contributed by atoms with E-state index in [2.05, 4.69) is 15.7 Å². The zero-order chi connectivity index (χ0) is 10.4. The van der Waals surface area contributed by atoms with Crippen molar-refractivity contribution in [3.05, 3.63) is 0 Å². The molecule has 4 nitrogen and oxygen atoms in total. The van der Waals surface area contributed by atoms with Gasteiger partial charge in [0.1, 0.15) is 0 Å². The lowest BCUT2D eigenvalue weighted by atomic mass is 9.99. The zero-order valence-corrected chi connectivity index (χ0v) is 8.53. The van der Waals surface area contributed by atoms with Crippen LogP contribution in [0.5, 0.6) is 0 Å². The smallest absolute Gasteiger partial charge is 0.307 e. The first-order valence-electron chi connectivity index (χ1n) is 4.95. The SMILES string of the molecule is COC(=O)CC1CCCCN1CC#N. The summed E-state index contributed by atoms with van der Waals surface area (Å²) in [5.74, 6) is -0.181. The molecule has 0 N–H and O–H groups in total. The third-order valence-corrected chi connectivity index (χ3v) is 2.65. The molecule has 0 aromatic carbocycles. The highest BCUT2D eigenvalue weighted by Crippen LogP contribution is 2.19. The molecule has 78 valence electrons. The lowest BCUT2D eigenvalue weighted by molar-refractivity contribution is -0.142. The van der Waals surface area contributed by atoms with E-state index < -0.39 is 0 Å². The molecule has 0 amide bonds. The Morgan fingerprint density at radius 1 is 1.64 bits per heavy atom. The summed E-state index contributed by atoms with van der Waals surface area (Å²) in [4.78, 5) is 13.2. The number of likely N-dealkylation sites (tertiary alicyclic amines) is 1. The maximum atomic E-state index is 11.1. The van der Waals surface area contributed by atoms with Gasteiger partial charge in [0, 0.05) is 6.04 Å². The number of rotatable bonds is 3. The molecular weight excluding hydrogens is 180 g/mol. The van der Waals surface area contributed by atoms with Crippen LogP contribution in [0.15, 0.2) is 0 Å². The third kappa shape index (κ3) is 3.00. The minimum Gasteiger partial charge on any atom is -0.469 e. The van der Waals surface area contributed by atoms with Crippen LogP contribution in [-0.2, 0) is 9.53 Å². The van der Waals surface area contributed by atoms with Crippen LogP contribution < -0.4 is 0 Å². The molecule has 0 aromatic heterocycles. The average molecular weight is 196 g/mol. The summed E-state index contributed by atoms with van der Waals surface area (Å²) in [6.45, 7) is 1.34. The number of esters is 1. The van der Waals surface area contributed by atoms with Crippen LogP contribution in [0.25, 0.3) is 0 Å². The van der Waals surface area contributed by atoms with E-state index >= 15 is 0 Å². The van der Waals surface area contributed by atoms with Gasteiger partial charge in [-0.1, -0.05) is 6.42 Å². The summed E-state index contributed by atoms with van der Waals surface area (Å²) in [5, 5.41) is 8.62. The van der Waals surface area contributed by atoms with Crippen LogP contribution in [0.4, 0.5) is 0 Å². The molecule has 0 bridgehead atoms. The van der Waals surface area contributed by atoms with Gasteiger partial charge in [-0.15, -0.1) is 0 Å². The average Bonchev–Trinajstić information content (AvgIpc) is 2.21. The molecule has 0 spiro atoms. The van der Waals surface area contributed by atoms with E-state index in [9.17, 15) is 4.79 Å². The minimum atomic E-state index is -0.181. The molecule has 1 unspecified atom stereocenters. The van der Waals surface area contributed by atoms with E-state index in [4.69, 9.17) is 5.26 Å². The molecule has 0 saturated carbocycles. The van der Waals surface area contributed by atoms with E-state index in [0.717, 1.165) is 25.8 Å². The first-order valence-corrected chi connectivity index (χ1v) is 4.95. The zero-order valence-electron chi connectivity index (χ0n) is 8.53. The second kappa shape index (κ2) is 5.61. The van der Waals surface area contributed by atoms with Crippen molar-refractivity contribution in [3.63, 3.8) is 0 Å². The second-order valence-electron chi connectivity index (χ2n) is 3.56. The Morgan fingerprint density at radius 3 is 3.07 bits per heavy atom. The fourth-order valence-corrected chi connectivity index (χ4v) is 1.87. The van der Waals surface area contributed by atoms with Crippen molar-refractivity contribution >= 4 is 5.97 Å². The van der Waals surface area contributed by atoms with Crippen molar-refractivity contribution in [2.75, 3.05) is 20.2 Å². The monoisotopic (exact) mass is 196 g/mol. The number of piperidine rings is 1. The van der Waals surface area contributed by atoms with Gasteiger partial charge in [0.25, 0.3) is 0 Å². The summed E-state index contributed by atoms with van der Waals surface area (Å²) < 4.78 is 4.63. The first kappa shape index (κ1) is 11.0. The topological polar surface area (TPSA) is 53.3 Å². The Balaban J connectivity index is 2.46. The van der Waals surface area contributed by atoms with Gasteiger partial charge in [-0.25, -0.2) is 0 Å². The minimum absolute atomic E-state index is 0.181. The highest BCUT2D eigenvalue weighted by atomic mass is 16.5. The number of methoxy groups -OCH3 is 1. The van der Waals surface area contributed by atoms with E-state index in [0.29, 0.717) is 13.0 Å². The molecule has 1 saturated heterocycles. The van der Waals surface area contributed by atoms with Gasteiger partial charge in [-0.05, 0) is 19.4 Å². The predicted octanol–water partition coefficient (Wildman–Crippen LogP) is 0.928. The fourth-order valence-electron chi connectivity index (χ4n) is 1.87. The molecule has 0 radical (unpaired) electrons. The molecule has 1 heterocycles. The lowest BCUT2D eigenvalue weighted by Gasteiger charge is -2.33. The number of carbonyl (C=O) groups excluding carboxylic acids is 1. The number of hydrogen-bond acceptors (Lipinski definition) is 4. The molecule has 1 fully saturated rings. The Morgan fingerprint density at radius 2 is 2.43 bits per heavy atom. The number of nitriles is 1. The molecule has 1 rings (SSSR count). The van der Waals surface area contributed by atoms with Crippen LogP contribution in [-0.4, -0.2) is 37.1 Å². The maximum Gasteiger partial charge on any atom is 0.307 e. The van der Waals surface area contributed by atoms with Crippen LogP contribution >= 0.6 is 0 Å². The summed E-state index contributed by atoms with van der Waals surface area (Å²) in [6.07, 6.45) is 3.68. The molecule has 0 aliphatic carbocycles. The normalized spacial score (nSPS) is 22.7. The number of nitrogens with zero attached hydrogens (tertiary/aromatic N) is 2. The Bertz CT molecular complexity index is 235. The standard InChI is InChI=1S/C10H16N2O2/c1-14-10(13)8-9-4-2-3-6-12(9)7-5-11/h9H,2-4,6-8H2,1H3. The summed E-state index contributed by atoms with van der Waals surface area (Å²) in [6, 6.07) is 2.34. The van der Waals surface area contributed by atoms with E-state index in [1.54, 1.807) is 0 Å². The Labute approximate surface area is 84.4 Å². The number of ether oxygens (including phenoxy) is 1. The highest BCUT2D eigenvalue weighted by Gasteiger charge is 2.24. The molecule has 1 aliphatic rings. The molecule has 4 heteroatoms. The summed E-state index contributed by atoms with van der Waals surface area (Å²) in [5.41, 5.74) is 0. The van der Waals surface area contributed by atoms with Gasteiger partial charge in [0.15, 0.2) is 0 Å². The van der Waals surface area contributed by atoms with Crippen molar-refractivity contribution in [2.24, 2.45) is 0 Å². The van der Waals surface area contributed by atoms with E-state index in [1.165, 1.54) is 7.11 Å². The number of hydrogen-bond donors (Lipinski definition) is 0. The Kier molecular flexibility index (Phi) is 4.41.